The monoisotopic (exact) mass is 534 g/mol. The zero-order chi connectivity index (χ0) is 26.4. The van der Waals surface area contributed by atoms with Crippen molar-refractivity contribution >= 4 is 62.0 Å². The SMILES string of the molecule is C=CC(=O)Nc1cccc(Nc2nc(Nc3ccc(NS(=O)(=O)c4ccc(C)cc4)cc3)ncc2Cl)c1. The normalized spacial score (nSPS) is 10.9. The number of aromatic nitrogens is 2. The zero-order valence-corrected chi connectivity index (χ0v) is 21.3. The number of carbonyl (C=O) groups is 1. The molecule has 0 unspecified atom stereocenters. The molecule has 1 amide bonds. The Bertz CT molecular complexity index is 1540. The molecule has 9 nitrogen and oxygen atoms in total. The molecule has 0 atom stereocenters. The van der Waals surface area contributed by atoms with Gasteiger partial charge >= 0.3 is 0 Å². The number of halogens is 1. The summed E-state index contributed by atoms with van der Waals surface area (Å²) in [6.07, 6.45) is 2.64. The van der Waals surface area contributed by atoms with Crippen LogP contribution in [0.1, 0.15) is 5.56 Å². The second-order valence-electron chi connectivity index (χ2n) is 7.91. The highest BCUT2D eigenvalue weighted by atomic mass is 35.5. The Morgan fingerprint density at radius 2 is 1.59 bits per heavy atom. The second-order valence-corrected chi connectivity index (χ2v) is 10.00. The third-order valence-corrected chi connectivity index (χ3v) is 6.72. The first kappa shape index (κ1) is 25.7. The predicted molar refractivity (Wildman–Crippen MR) is 147 cm³/mol. The van der Waals surface area contributed by atoms with Crippen LogP contribution < -0.4 is 20.7 Å². The van der Waals surface area contributed by atoms with Crippen molar-refractivity contribution < 1.29 is 13.2 Å². The van der Waals surface area contributed by atoms with E-state index in [0.717, 1.165) is 5.56 Å². The van der Waals surface area contributed by atoms with Gasteiger partial charge in [0.1, 0.15) is 5.02 Å². The third-order valence-electron chi connectivity index (χ3n) is 5.05. The van der Waals surface area contributed by atoms with E-state index in [1.807, 2.05) is 6.92 Å². The Labute approximate surface area is 219 Å². The molecule has 188 valence electrons. The highest BCUT2D eigenvalue weighted by molar-refractivity contribution is 7.92. The van der Waals surface area contributed by atoms with Crippen LogP contribution in [0.15, 0.2) is 96.5 Å². The van der Waals surface area contributed by atoms with Crippen molar-refractivity contribution in [3.05, 3.63) is 102 Å². The molecule has 0 saturated heterocycles. The van der Waals surface area contributed by atoms with Crippen LogP contribution in [0.4, 0.5) is 34.5 Å². The third kappa shape index (κ3) is 6.84. The van der Waals surface area contributed by atoms with Gasteiger partial charge < -0.3 is 16.0 Å². The molecule has 0 fully saturated rings. The highest BCUT2D eigenvalue weighted by Crippen LogP contribution is 2.27. The standard InChI is InChI=1S/C26H23ClN6O3S/c1-3-24(34)29-20-5-4-6-21(15-20)30-25-23(27)16-28-26(32-25)31-18-9-11-19(12-10-18)33-37(35,36)22-13-7-17(2)8-14-22/h3-16,33H,1H2,2H3,(H,29,34)(H2,28,30,31,32). The molecule has 37 heavy (non-hydrogen) atoms. The minimum atomic E-state index is -3.70. The van der Waals surface area contributed by atoms with Gasteiger partial charge in [-0.1, -0.05) is 41.9 Å². The summed E-state index contributed by atoms with van der Waals surface area (Å²) in [4.78, 5) is 20.4. The predicted octanol–water partition coefficient (Wildman–Crippen LogP) is 5.85. The van der Waals surface area contributed by atoms with Crippen molar-refractivity contribution in [3.8, 4) is 0 Å². The summed E-state index contributed by atoms with van der Waals surface area (Å²) in [5, 5.41) is 9.16. The van der Waals surface area contributed by atoms with Gasteiger partial charge in [-0.15, -0.1) is 0 Å². The number of nitrogens with zero attached hydrogens (tertiary/aromatic N) is 2. The van der Waals surface area contributed by atoms with Crippen LogP contribution in [0.5, 0.6) is 0 Å². The van der Waals surface area contributed by atoms with Gasteiger partial charge in [-0.25, -0.2) is 13.4 Å². The largest absolute Gasteiger partial charge is 0.339 e. The van der Waals surface area contributed by atoms with Gasteiger partial charge in [0.15, 0.2) is 5.82 Å². The van der Waals surface area contributed by atoms with Crippen molar-refractivity contribution in [3.63, 3.8) is 0 Å². The average Bonchev–Trinajstić information content (AvgIpc) is 2.87. The number of sulfonamides is 1. The highest BCUT2D eigenvalue weighted by Gasteiger charge is 2.14. The van der Waals surface area contributed by atoms with Crippen LogP contribution in [0.2, 0.25) is 5.02 Å². The van der Waals surface area contributed by atoms with E-state index in [2.05, 4.69) is 37.2 Å². The molecule has 1 heterocycles. The Hall–Kier alpha value is -4.41. The number of carbonyl (C=O) groups excluding carboxylic acids is 1. The van der Waals surface area contributed by atoms with Gasteiger partial charge in [-0.3, -0.25) is 9.52 Å². The van der Waals surface area contributed by atoms with Gasteiger partial charge in [-0.05, 0) is 67.6 Å². The molecular formula is C26H23ClN6O3S. The van der Waals surface area contributed by atoms with E-state index in [0.29, 0.717) is 33.6 Å². The van der Waals surface area contributed by atoms with Crippen molar-refractivity contribution in [2.45, 2.75) is 11.8 Å². The van der Waals surface area contributed by atoms with Gasteiger partial charge in [-0.2, -0.15) is 4.98 Å². The zero-order valence-electron chi connectivity index (χ0n) is 19.7. The van der Waals surface area contributed by atoms with Crippen LogP contribution in [0, 0.1) is 6.92 Å². The van der Waals surface area contributed by atoms with E-state index >= 15 is 0 Å². The molecule has 11 heteroatoms. The minimum Gasteiger partial charge on any atom is -0.339 e. The van der Waals surface area contributed by atoms with Crippen molar-refractivity contribution in [2.24, 2.45) is 0 Å². The fourth-order valence-corrected chi connectivity index (χ4v) is 4.40. The number of amides is 1. The molecule has 0 aliphatic rings. The van der Waals surface area contributed by atoms with E-state index in [1.54, 1.807) is 72.8 Å². The lowest BCUT2D eigenvalue weighted by atomic mass is 10.2. The maximum Gasteiger partial charge on any atom is 0.261 e. The Morgan fingerprint density at radius 1 is 0.919 bits per heavy atom. The number of aryl methyl sites for hydroxylation is 1. The second kappa shape index (κ2) is 11.1. The molecule has 0 saturated carbocycles. The van der Waals surface area contributed by atoms with Crippen LogP contribution in [-0.2, 0) is 14.8 Å². The maximum absolute atomic E-state index is 12.6. The summed E-state index contributed by atoms with van der Waals surface area (Å²) in [5.41, 5.74) is 3.26. The quantitative estimate of drug-likeness (QED) is 0.198. The molecule has 0 spiro atoms. The van der Waals surface area contributed by atoms with Gasteiger partial charge in [0, 0.05) is 22.7 Å². The maximum atomic E-state index is 12.6. The lowest BCUT2D eigenvalue weighted by molar-refractivity contribution is -0.111. The minimum absolute atomic E-state index is 0.184. The number of benzene rings is 3. The van der Waals surface area contributed by atoms with Crippen molar-refractivity contribution in [1.29, 1.82) is 0 Å². The lowest BCUT2D eigenvalue weighted by Gasteiger charge is -2.12. The average molecular weight is 535 g/mol. The fourth-order valence-electron chi connectivity index (χ4n) is 3.20. The van der Waals surface area contributed by atoms with E-state index < -0.39 is 10.0 Å². The molecule has 0 aliphatic carbocycles. The number of anilines is 6. The summed E-state index contributed by atoms with van der Waals surface area (Å²) in [6, 6.07) is 20.3. The number of hydrogen-bond donors (Lipinski definition) is 4. The molecule has 1 aromatic heterocycles. The fraction of sp³-hybridized carbons (Fsp3) is 0.0385. The molecule has 4 rings (SSSR count). The first-order chi connectivity index (χ1) is 17.7. The smallest absolute Gasteiger partial charge is 0.261 e. The molecule has 0 radical (unpaired) electrons. The van der Waals surface area contributed by atoms with Gasteiger partial charge in [0.2, 0.25) is 11.9 Å². The summed E-state index contributed by atoms with van der Waals surface area (Å²) in [5.74, 6) is 0.308. The van der Waals surface area contributed by atoms with Gasteiger partial charge in [0.05, 0.1) is 11.1 Å². The Balaban J connectivity index is 1.44. The molecule has 3 aromatic carbocycles. The van der Waals surface area contributed by atoms with Crippen LogP contribution in [-0.4, -0.2) is 24.3 Å². The van der Waals surface area contributed by atoms with E-state index in [-0.39, 0.29) is 16.8 Å². The summed E-state index contributed by atoms with van der Waals surface area (Å²) >= 11 is 6.27. The summed E-state index contributed by atoms with van der Waals surface area (Å²) in [7, 11) is -3.70. The van der Waals surface area contributed by atoms with Crippen LogP contribution in [0.25, 0.3) is 0 Å². The van der Waals surface area contributed by atoms with Gasteiger partial charge in [0.25, 0.3) is 10.0 Å². The topological polar surface area (TPSA) is 125 Å². The van der Waals surface area contributed by atoms with E-state index in [4.69, 9.17) is 11.6 Å². The molecule has 0 aliphatic heterocycles. The lowest BCUT2D eigenvalue weighted by Crippen LogP contribution is -2.12. The molecule has 4 aromatic rings. The van der Waals surface area contributed by atoms with Crippen molar-refractivity contribution in [2.75, 3.05) is 20.7 Å². The van der Waals surface area contributed by atoms with E-state index in [1.165, 1.54) is 12.3 Å². The van der Waals surface area contributed by atoms with Crippen LogP contribution >= 0.6 is 11.6 Å². The van der Waals surface area contributed by atoms with Crippen molar-refractivity contribution in [1.82, 2.24) is 9.97 Å². The Kier molecular flexibility index (Phi) is 7.71. The summed E-state index contributed by atoms with van der Waals surface area (Å²) in [6.45, 7) is 5.33. The number of hydrogen-bond acceptors (Lipinski definition) is 7. The first-order valence-corrected chi connectivity index (χ1v) is 12.9. The first-order valence-electron chi connectivity index (χ1n) is 11.0. The molecule has 0 bridgehead atoms. The number of nitrogens with one attached hydrogen (secondary N) is 4. The van der Waals surface area contributed by atoms with E-state index in [9.17, 15) is 13.2 Å². The number of rotatable bonds is 9. The Morgan fingerprint density at radius 3 is 2.30 bits per heavy atom. The molecular weight excluding hydrogens is 512 g/mol. The summed E-state index contributed by atoms with van der Waals surface area (Å²) < 4.78 is 27.8. The molecule has 4 N–H and O–H groups in total. The van der Waals surface area contributed by atoms with Crippen LogP contribution in [0.3, 0.4) is 0 Å².